The van der Waals surface area contributed by atoms with Gasteiger partial charge in [0.25, 0.3) is 5.91 Å². The van der Waals surface area contributed by atoms with E-state index in [4.69, 9.17) is 11.6 Å². The molecule has 1 aliphatic rings. The van der Waals surface area contributed by atoms with Crippen LogP contribution in [0.15, 0.2) is 46.2 Å². The number of rotatable bonds is 5. The van der Waals surface area contributed by atoms with Crippen molar-refractivity contribution in [2.75, 3.05) is 17.7 Å². The lowest BCUT2D eigenvalue weighted by Crippen LogP contribution is -2.33. The first-order chi connectivity index (χ1) is 13.7. The number of amides is 2. The van der Waals surface area contributed by atoms with Crippen molar-refractivity contribution < 1.29 is 14.1 Å². The van der Waals surface area contributed by atoms with Crippen LogP contribution in [-0.2, 0) is 16.2 Å². The van der Waals surface area contributed by atoms with Gasteiger partial charge in [0.05, 0.1) is 33.4 Å². The Bertz CT molecular complexity index is 955. The number of carbonyl (C=O) groups excluding carboxylic acids is 2. The Hall–Kier alpha value is -1.71. The molecule has 0 radical (unpaired) electrons. The van der Waals surface area contributed by atoms with E-state index in [-0.39, 0.29) is 23.1 Å². The van der Waals surface area contributed by atoms with Crippen LogP contribution in [0.1, 0.15) is 31.1 Å². The maximum atomic E-state index is 12.7. The smallest absolute Gasteiger partial charge is 0.255 e. The fourth-order valence-electron chi connectivity index (χ4n) is 2.61. The van der Waals surface area contributed by atoms with Gasteiger partial charge in [-0.1, -0.05) is 11.6 Å². The number of nitrogens with zero attached hydrogens (tertiary/aromatic N) is 1. The molecule has 0 aromatic heterocycles. The van der Waals surface area contributed by atoms with E-state index in [9.17, 15) is 14.1 Å². The first-order valence-electron chi connectivity index (χ1n) is 9.04. The second-order valence-corrected chi connectivity index (χ2v) is 10.3. The number of benzene rings is 2. The zero-order chi connectivity index (χ0) is 21.3. The van der Waals surface area contributed by atoms with E-state index in [2.05, 4.69) is 10.6 Å². The molecule has 0 saturated heterocycles. The van der Waals surface area contributed by atoms with Crippen LogP contribution in [0, 0.1) is 0 Å². The van der Waals surface area contributed by atoms with E-state index in [0.717, 1.165) is 4.90 Å². The maximum absolute atomic E-state index is 12.7. The minimum Gasteiger partial charge on any atom is -0.593 e. The fraction of sp³-hybridized carbons (Fsp3) is 0.300. The van der Waals surface area contributed by atoms with Crippen molar-refractivity contribution in [3.63, 3.8) is 0 Å². The summed E-state index contributed by atoms with van der Waals surface area (Å²) >= 11 is 6.23. The molecular weight excluding hydrogens is 430 g/mol. The van der Waals surface area contributed by atoms with Crippen LogP contribution in [0.5, 0.6) is 0 Å². The van der Waals surface area contributed by atoms with Gasteiger partial charge in [-0.15, -0.1) is 16.1 Å². The van der Waals surface area contributed by atoms with E-state index in [0.29, 0.717) is 26.9 Å². The number of carbonyl (C=O) groups is 2. The van der Waals surface area contributed by atoms with Crippen LogP contribution >= 0.6 is 23.4 Å². The second kappa shape index (κ2) is 8.97. The van der Waals surface area contributed by atoms with Crippen LogP contribution < -0.4 is 10.6 Å². The molecule has 0 fully saturated rings. The summed E-state index contributed by atoms with van der Waals surface area (Å²) in [7, 11) is 1.75. The van der Waals surface area contributed by atoms with Gasteiger partial charge in [-0.3, -0.25) is 9.59 Å². The van der Waals surface area contributed by atoms with Gasteiger partial charge in [-0.25, -0.2) is 0 Å². The molecule has 3 rings (SSSR count). The predicted octanol–water partition coefficient (Wildman–Crippen LogP) is 4.39. The Kier molecular flexibility index (Phi) is 6.80. The van der Waals surface area contributed by atoms with Crippen molar-refractivity contribution in [3.8, 4) is 0 Å². The number of nitrogens with one attached hydrogen (secondary N) is 2. The normalized spacial score (nSPS) is 17.1. The first kappa shape index (κ1) is 22.0. The van der Waals surface area contributed by atoms with E-state index in [1.807, 2.05) is 26.8 Å². The Labute approximate surface area is 182 Å². The van der Waals surface area contributed by atoms with Crippen molar-refractivity contribution in [1.29, 1.82) is 0 Å². The van der Waals surface area contributed by atoms with Gasteiger partial charge in [0.2, 0.25) is 5.91 Å². The molecule has 1 heterocycles. The van der Waals surface area contributed by atoms with Crippen molar-refractivity contribution in [3.05, 3.63) is 47.0 Å². The summed E-state index contributed by atoms with van der Waals surface area (Å²) in [5.41, 5.74) is 1.53. The molecule has 154 valence electrons. The topological polar surface area (TPSA) is 84.5 Å². The minimum absolute atomic E-state index is 0.0661. The third kappa shape index (κ3) is 4.90. The molecule has 2 aromatic carbocycles. The summed E-state index contributed by atoms with van der Waals surface area (Å²) in [6.45, 7) is 5.71. The van der Waals surface area contributed by atoms with Gasteiger partial charge in [0, 0.05) is 29.3 Å². The van der Waals surface area contributed by atoms with Gasteiger partial charge < -0.3 is 15.2 Å². The Morgan fingerprint density at radius 2 is 2.03 bits per heavy atom. The highest BCUT2D eigenvalue weighted by Gasteiger charge is 2.26. The quantitative estimate of drug-likeness (QED) is 0.658. The monoisotopic (exact) mass is 451 g/mol. The Balaban J connectivity index is 1.80. The number of hydrogen-bond acceptors (Lipinski definition) is 5. The lowest BCUT2D eigenvalue weighted by Gasteiger charge is -2.24. The van der Waals surface area contributed by atoms with Crippen molar-refractivity contribution >= 4 is 57.9 Å². The van der Waals surface area contributed by atoms with Gasteiger partial charge >= 0.3 is 0 Å². The van der Waals surface area contributed by atoms with E-state index < -0.39 is 11.4 Å². The molecule has 2 amide bonds. The third-order valence-corrected chi connectivity index (χ3v) is 7.82. The SMILES string of the molecule is CC1Sc2ccc(C(=O)Nc3ccc(Cl)c([S+]([O-])N(C)C(C)C)c3)cc2NC1=O. The summed E-state index contributed by atoms with van der Waals surface area (Å²) in [6.07, 6.45) is 0. The highest BCUT2D eigenvalue weighted by Crippen LogP contribution is 2.36. The zero-order valence-electron chi connectivity index (χ0n) is 16.5. The molecule has 2 atom stereocenters. The summed E-state index contributed by atoms with van der Waals surface area (Å²) in [5, 5.41) is 5.83. The van der Waals surface area contributed by atoms with Crippen LogP contribution in [0.25, 0.3) is 0 Å². The van der Waals surface area contributed by atoms with Crippen molar-refractivity contribution in [1.82, 2.24) is 4.31 Å². The molecule has 6 nitrogen and oxygen atoms in total. The lowest BCUT2D eigenvalue weighted by molar-refractivity contribution is -0.115. The van der Waals surface area contributed by atoms with Gasteiger partial charge in [0.15, 0.2) is 4.90 Å². The summed E-state index contributed by atoms with van der Waals surface area (Å²) in [4.78, 5) is 26.0. The summed E-state index contributed by atoms with van der Waals surface area (Å²) < 4.78 is 14.4. The highest BCUT2D eigenvalue weighted by molar-refractivity contribution is 8.01. The number of halogens is 1. The number of hydrogen-bond donors (Lipinski definition) is 2. The van der Waals surface area contributed by atoms with Crippen LogP contribution in [-0.4, -0.2) is 39.0 Å². The minimum atomic E-state index is -1.45. The Morgan fingerprint density at radius 3 is 2.72 bits per heavy atom. The van der Waals surface area contributed by atoms with E-state index >= 15 is 0 Å². The molecule has 0 spiro atoms. The molecule has 29 heavy (non-hydrogen) atoms. The molecule has 0 saturated carbocycles. The second-order valence-electron chi connectivity index (χ2n) is 6.95. The van der Waals surface area contributed by atoms with E-state index in [1.165, 1.54) is 11.8 Å². The predicted molar refractivity (Wildman–Crippen MR) is 119 cm³/mol. The van der Waals surface area contributed by atoms with Crippen LogP contribution in [0.3, 0.4) is 0 Å². The third-order valence-electron chi connectivity index (χ3n) is 4.54. The molecule has 2 N–H and O–H groups in total. The van der Waals surface area contributed by atoms with Gasteiger partial charge in [-0.05, 0) is 51.1 Å². The summed E-state index contributed by atoms with van der Waals surface area (Å²) in [6, 6.07) is 10.2. The molecule has 0 aliphatic carbocycles. The van der Waals surface area contributed by atoms with Crippen LogP contribution in [0.4, 0.5) is 11.4 Å². The molecule has 9 heteroatoms. The number of anilines is 2. The van der Waals surface area contributed by atoms with Gasteiger partial charge in [0.1, 0.15) is 0 Å². The first-order valence-corrected chi connectivity index (χ1v) is 11.4. The lowest BCUT2D eigenvalue weighted by atomic mass is 10.1. The Morgan fingerprint density at radius 1 is 1.31 bits per heavy atom. The van der Waals surface area contributed by atoms with Crippen molar-refractivity contribution in [2.45, 2.75) is 41.9 Å². The standard InChI is InChI=1S/C20H22ClN3O3S2/c1-11(2)24(4)29(27)18-10-14(6-7-15(18)21)22-20(26)13-5-8-17-16(9-13)23-19(25)12(3)28-17/h5-12H,1-4H3,(H,22,26)(H,23,25). The highest BCUT2D eigenvalue weighted by atomic mass is 35.5. The zero-order valence-corrected chi connectivity index (χ0v) is 18.9. The van der Waals surface area contributed by atoms with Gasteiger partial charge in [-0.2, -0.15) is 0 Å². The average Bonchev–Trinajstić information content (AvgIpc) is 2.68. The largest absolute Gasteiger partial charge is 0.593 e. The maximum Gasteiger partial charge on any atom is 0.255 e. The number of fused-ring (bicyclic) bond motifs is 1. The summed E-state index contributed by atoms with van der Waals surface area (Å²) in [5.74, 6) is -0.416. The molecule has 2 aromatic rings. The fourth-order valence-corrected chi connectivity index (χ4v) is 5.02. The van der Waals surface area contributed by atoms with Crippen LogP contribution in [0.2, 0.25) is 5.02 Å². The average molecular weight is 452 g/mol. The molecular formula is C20H22ClN3O3S2. The van der Waals surface area contributed by atoms with Crippen molar-refractivity contribution in [2.24, 2.45) is 0 Å². The van der Waals surface area contributed by atoms with E-state index in [1.54, 1.807) is 41.7 Å². The molecule has 1 aliphatic heterocycles. The number of thioether (sulfide) groups is 1. The molecule has 2 unspecified atom stereocenters. The molecule has 0 bridgehead atoms.